The van der Waals surface area contributed by atoms with Crippen LogP contribution in [0, 0.1) is 20.8 Å². The van der Waals surface area contributed by atoms with E-state index in [1.54, 1.807) is 32.0 Å². The van der Waals surface area contributed by atoms with Crippen LogP contribution < -0.4 is 5.32 Å². The second kappa shape index (κ2) is 12.1. The van der Waals surface area contributed by atoms with E-state index in [0.717, 1.165) is 5.56 Å². The molecule has 2 atom stereocenters. The average Bonchev–Trinajstić information content (AvgIpc) is 3.25. The molecule has 2 unspecified atom stereocenters. The molecule has 0 spiro atoms. The van der Waals surface area contributed by atoms with Gasteiger partial charge >= 0.3 is 5.97 Å². The summed E-state index contributed by atoms with van der Waals surface area (Å²) < 4.78 is 5.18. The van der Waals surface area contributed by atoms with Gasteiger partial charge in [0, 0.05) is 18.7 Å². The van der Waals surface area contributed by atoms with Gasteiger partial charge in [0.05, 0.1) is 28.2 Å². The molecule has 1 fully saturated rings. The van der Waals surface area contributed by atoms with E-state index in [4.69, 9.17) is 27.7 Å². The Balaban J connectivity index is 1.75. The van der Waals surface area contributed by atoms with E-state index < -0.39 is 42.3 Å². The number of aromatic nitrogens is 1. The molecule has 4 rings (SSSR count). The summed E-state index contributed by atoms with van der Waals surface area (Å²) in [5.74, 6) is -2.63. The number of hydrogen-bond donors (Lipinski definition) is 2. The number of carbonyl (C=O) groups excluding carboxylic acids is 3. The van der Waals surface area contributed by atoms with Crippen molar-refractivity contribution in [2.45, 2.75) is 45.8 Å². The molecule has 0 bridgehead atoms. The van der Waals surface area contributed by atoms with Crippen molar-refractivity contribution >= 4 is 46.9 Å². The Kier molecular flexibility index (Phi) is 8.80. The van der Waals surface area contributed by atoms with Crippen molar-refractivity contribution in [1.29, 1.82) is 0 Å². The zero-order chi connectivity index (χ0) is 29.1. The molecule has 0 saturated carbocycles. The number of benzene rings is 2. The lowest BCUT2D eigenvalue weighted by Gasteiger charge is -2.43. The number of halogens is 2. The van der Waals surface area contributed by atoms with Gasteiger partial charge in [0.15, 0.2) is 6.17 Å². The standard InChI is InChI=1S/C28H28Cl2N4O6/c1-15-6-4-7-18(12-15)22(14-23(35)36)31-25(37)26-33(27(38)19-8-9-20(29)21(30)13-19)10-5-11-34(26)28(39)24-16(2)32-40-17(24)3/h4,6-9,12-13,22,26H,5,10-11,14H2,1-3H3,(H,31,37)(H,35,36). The summed E-state index contributed by atoms with van der Waals surface area (Å²) in [5.41, 5.74) is 2.18. The minimum Gasteiger partial charge on any atom is -0.481 e. The van der Waals surface area contributed by atoms with E-state index in [1.807, 2.05) is 13.0 Å². The van der Waals surface area contributed by atoms with E-state index in [-0.39, 0.29) is 40.0 Å². The molecule has 2 aromatic carbocycles. The Labute approximate surface area is 240 Å². The molecule has 0 radical (unpaired) electrons. The maximum absolute atomic E-state index is 14.0. The largest absolute Gasteiger partial charge is 0.481 e. The Bertz CT molecular complexity index is 1450. The number of nitrogens with zero attached hydrogens (tertiary/aromatic N) is 3. The van der Waals surface area contributed by atoms with Crippen LogP contribution in [-0.4, -0.2) is 63.0 Å². The Morgan fingerprint density at radius 2 is 1.73 bits per heavy atom. The molecule has 3 aromatic rings. The minimum absolute atomic E-state index is 0.162. The van der Waals surface area contributed by atoms with E-state index in [0.29, 0.717) is 17.7 Å². The van der Waals surface area contributed by atoms with Gasteiger partial charge in [0.2, 0.25) is 0 Å². The van der Waals surface area contributed by atoms with E-state index in [2.05, 4.69) is 10.5 Å². The summed E-state index contributed by atoms with van der Waals surface area (Å²) >= 11 is 12.2. The number of carboxylic acids is 1. The number of rotatable bonds is 7. The smallest absolute Gasteiger partial charge is 0.305 e. The average molecular weight is 587 g/mol. The molecule has 0 aliphatic carbocycles. The van der Waals surface area contributed by atoms with Crippen LogP contribution in [0.5, 0.6) is 0 Å². The van der Waals surface area contributed by atoms with Crippen LogP contribution in [0.25, 0.3) is 0 Å². The zero-order valence-electron chi connectivity index (χ0n) is 22.1. The highest BCUT2D eigenvalue weighted by Crippen LogP contribution is 2.28. The fourth-order valence-electron chi connectivity index (χ4n) is 4.82. The zero-order valence-corrected chi connectivity index (χ0v) is 23.6. The molecule has 210 valence electrons. The highest BCUT2D eigenvalue weighted by molar-refractivity contribution is 6.42. The minimum atomic E-state index is -1.39. The molecule has 1 aliphatic heterocycles. The number of carboxylic acid groups (broad SMARTS) is 1. The second-order valence-electron chi connectivity index (χ2n) is 9.63. The summed E-state index contributed by atoms with van der Waals surface area (Å²) in [4.78, 5) is 55.8. The van der Waals surface area contributed by atoms with Crippen LogP contribution in [0.2, 0.25) is 10.0 Å². The monoisotopic (exact) mass is 586 g/mol. The van der Waals surface area contributed by atoms with Gasteiger partial charge in [-0.05, 0) is 51.0 Å². The molecule has 1 aromatic heterocycles. The molecule has 40 heavy (non-hydrogen) atoms. The summed E-state index contributed by atoms with van der Waals surface area (Å²) in [7, 11) is 0. The molecule has 1 aliphatic rings. The first-order valence-electron chi connectivity index (χ1n) is 12.6. The quantitative estimate of drug-likeness (QED) is 0.414. The normalized spacial score (nSPS) is 16.0. The number of nitrogens with one attached hydrogen (secondary N) is 1. The summed E-state index contributed by atoms with van der Waals surface area (Å²) in [6.45, 7) is 5.39. The van der Waals surface area contributed by atoms with Gasteiger partial charge in [-0.2, -0.15) is 0 Å². The second-order valence-corrected chi connectivity index (χ2v) is 10.4. The number of amides is 3. The summed E-state index contributed by atoms with van der Waals surface area (Å²) in [6.07, 6.45) is -1.40. The molecule has 12 heteroatoms. The van der Waals surface area contributed by atoms with E-state index >= 15 is 0 Å². The molecule has 2 N–H and O–H groups in total. The predicted molar refractivity (Wildman–Crippen MR) is 147 cm³/mol. The van der Waals surface area contributed by atoms with E-state index in [9.17, 15) is 24.3 Å². The van der Waals surface area contributed by atoms with Crippen molar-refractivity contribution in [2.24, 2.45) is 0 Å². The lowest BCUT2D eigenvalue weighted by Crippen LogP contribution is -2.63. The van der Waals surface area contributed by atoms with Crippen LogP contribution >= 0.6 is 23.2 Å². The highest BCUT2D eigenvalue weighted by atomic mass is 35.5. The van der Waals surface area contributed by atoms with Crippen molar-refractivity contribution in [3.63, 3.8) is 0 Å². The number of aryl methyl sites for hydroxylation is 3. The maximum atomic E-state index is 14.0. The number of hydrogen-bond acceptors (Lipinski definition) is 6. The van der Waals surface area contributed by atoms with Gasteiger partial charge in [-0.15, -0.1) is 0 Å². The van der Waals surface area contributed by atoms with Crippen LogP contribution in [-0.2, 0) is 9.59 Å². The van der Waals surface area contributed by atoms with Gasteiger partial charge < -0.3 is 24.7 Å². The van der Waals surface area contributed by atoms with Gasteiger partial charge in [-0.3, -0.25) is 19.2 Å². The van der Waals surface area contributed by atoms with Crippen LogP contribution in [0.1, 0.15) is 62.2 Å². The third-order valence-corrected chi connectivity index (χ3v) is 7.44. The van der Waals surface area contributed by atoms with Crippen LogP contribution in [0.3, 0.4) is 0 Å². The van der Waals surface area contributed by atoms with Gasteiger partial charge in [-0.25, -0.2) is 0 Å². The lowest BCUT2D eigenvalue weighted by atomic mass is 10.0. The van der Waals surface area contributed by atoms with Gasteiger partial charge in [0.1, 0.15) is 11.3 Å². The Hall–Kier alpha value is -3.89. The first-order chi connectivity index (χ1) is 19.0. The molecular formula is C28H28Cl2N4O6. The third kappa shape index (κ3) is 6.13. The van der Waals surface area contributed by atoms with Crippen molar-refractivity contribution in [2.75, 3.05) is 13.1 Å². The predicted octanol–water partition coefficient (Wildman–Crippen LogP) is 4.55. The highest BCUT2D eigenvalue weighted by Gasteiger charge is 2.42. The first-order valence-corrected chi connectivity index (χ1v) is 13.3. The Morgan fingerprint density at radius 1 is 1.02 bits per heavy atom. The maximum Gasteiger partial charge on any atom is 0.305 e. The van der Waals surface area contributed by atoms with Crippen LogP contribution in [0.15, 0.2) is 47.0 Å². The van der Waals surface area contributed by atoms with Crippen LogP contribution in [0.4, 0.5) is 0 Å². The number of carbonyl (C=O) groups is 4. The number of aliphatic carboxylic acids is 1. The first kappa shape index (κ1) is 29.1. The molecule has 3 amide bonds. The fourth-order valence-corrected chi connectivity index (χ4v) is 5.12. The summed E-state index contributed by atoms with van der Waals surface area (Å²) in [6, 6.07) is 10.6. The van der Waals surface area contributed by atoms with Crippen molar-refractivity contribution < 1.29 is 28.8 Å². The SMILES string of the molecule is Cc1cccc(C(CC(=O)O)NC(=O)C2N(C(=O)c3ccc(Cl)c(Cl)c3)CCCN2C(=O)c2c(C)noc2C)c1. The van der Waals surface area contributed by atoms with Crippen molar-refractivity contribution in [3.8, 4) is 0 Å². The molecule has 2 heterocycles. The van der Waals surface area contributed by atoms with Gasteiger partial charge in [0.25, 0.3) is 17.7 Å². The Morgan fingerprint density at radius 3 is 2.33 bits per heavy atom. The van der Waals surface area contributed by atoms with Crippen molar-refractivity contribution in [3.05, 3.63) is 86.2 Å². The third-order valence-electron chi connectivity index (χ3n) is 6.70. The van der Waals surface area contributed by atoms with E-state index in [1.165, 1.54) is 28.0 Å². The topological polar surface area (TPSA) is 133 Å². The molecular weight excluding hydrogens is 559 g/mol. The summed E-state index contributed by atoms with van der Waals surface area (Å²) in [5, 5.41) is 16.6. The molecule has 1 saturated heterocycles. The van der Waals surface area contributed by atoms with Crippen molar-refractivity contribution in [1.82, 2.24) is 20.3 Å². The fraction of sp³-hybridized carbons (Fsp3) is 0.321. The lowest BCUT2D eigenvalue weighted by molar-refractivity contribution is -0.138. The molecule has 10 nitrogen and oxygen atoms in total. The van der Waals surface area contributed by atoms with Gasteiger partial charge in [-0.1, -0.05) is 58.2 Å².